The number of hydrogen-bond acceptors (Lipinski definition) is 4. The molecule has 2 amide bonds. The average molecular weight is 430 g/mol. The van der Waals surface area contributed by atoms with Crippen molar-refractivity contribution in [3.8, 4) is 11.5 Å². The number of pyridine rings is 1. The van der Waals surface area contributed by atoms with Gasteiger partial charge in [0.1, 0.15) is 17.2 Å². The van der Waals surface area contributed by atoms with Gasteiger partial charge in [0.05, 0.1) is 0 Å². The molecule has 0 saturated heterocycles. The number of carbonyl (C=O) groups excluding carboxylic acids is 2. The lowest BCUT2D eigenvalue weighted by molar-refractivity contribution is -0.111. The number of anilines is 1. The van der Waals surface area contributed by atoms with E-state index in [-0.39, 0.29) is 22.9 Å². The van der Waals surface area contributed by atoms with Crippen molar-refractivity contribution in [2.75, 3.05) is 12.4 Å². The van der Waals surface area contributed by atoms with Crippen LogP contribution in [0.1, 0.15) is 42.4 Å². The van der Waals surface area contributed by atoms with Crippen LogP contribution in [0.15, 0.2) is 72.9 Å². The summed E-state index contributed by atoms with van der Waals surface area (Å²) in [6, 6.07) is 18.4. The van der Waals surface area contributed by atoms with E-state index in [4.69, 9.17) is 4.74 Å². The monoisotopic (exact) mass is 429 g/mol. The van der Waals surface area contributed by atoms with Crippen LogP contribution in [-0.4, -0.2) is 23.8 Å². The van der Waals surface area contributed by atoms with Crippen molar-refractivity contribution in [3.63, 3.8) is 0 Å². The maximum Gasteiger partial charge on any atom is 0.269 e. The lowest BCUT2D eigenvalue weighted by atomic mass is 9.87. The number of rotatable bonds is 6. The van der Waals surface area contributed by atoms with Gasteiger partial charge < -0.3 is 15.4 Å². The minimum absolute atomic E-state index is 0.00688. The van der Waals surface area contributed by atoms with Crippen LogP contribution in [0.25, 0.3) is 6.08 Å². The Balaban J connectivity index is 1.67. The van der Waals surface area contributed by atoms with Crippen molar-refractivity contribution >= 4 is 23.6 Å². The molecule has 0 atom stereocenters. The molecular weight excluding hydrogens is 402 g/mol. The highest BCUT2D eigenvalue weighted by molar-refractivity contribution is 6.02. The van der Waals surface area contributed by atoms with E-state index >= 15 is 0 Å². The molecule has 32 heavy (non-hydrogen) atoms. The molecule has 2 N–H and O–H groups in total. The fourth-order valence-electron chi connectivity index (χ4n) is 2.96. The topological polar surface area (TPSA) is 80.3 Å². The third-order valence-corrected chi connectivity index (χ3v) is 4.71. The number of hydrogen-bond donors (Lipinski definition) is 2. The molecule has 0 aliphatic rings. The Bertz CT molecular complexity index is 1150. The minimum Gasteiger partial charge on any atom is -0.457 e. The average Bonchev–Trinajstić information content (AvgIpc) is 2.77. The maximum atomic E-state index is 12.4. The molecular formula is C26H27N3O3. The van der Waals surface area contributed by atoms with Gasteiger partial charge in [-0.25, -0.2) is 0 Å². The Hall–Kier alpha value is -3.93. The largest absolute Gasteiger partial charge is 0.457 e. The molecule has 1 heterocycles. The molecule has 6 heteroatoms. The van der Waals surface area contributed by atoms with Crippen molar-refractivity contribution in [2.24, 2.45) is 0 Å². The molecule has 0 spiro atoms. The zero-order chi connectivity index (χ0) is 23.1. The molecule has 1 aromatic heterocycles. The van der Waals surface area contributed by atoms with Crippen molar-refractivity contribution in [1.82, 2.24) is 10.3 Å². The zero-order valence-corrected chi connectivity index (χ0v) is 18.7. The van der Waals surface area contributed by atoms with Crippen LogP contribution >= 0.6 is 0 Å². The summed E-state index contributed by atoms with van der Waals surface area (Å²) >= 11 is 0. The zero-order valence-electron chi connectivity index (χ0n) is 18.7. The molecule has 0 aliphatic heterocycles. The Morgan fingerprint density at radius 1 is 0.969 bits per heavy atom. The van der Waals surface area contributed by atoms with E-state index in [0.717, 1.165) is 16.8 Å². The summed E-state index contributed by atoms with van der Waals surface area (Å²) in [5.41, 5.74) is 3.00. The number of ether oxygens (including phenoxy) is 1. The highest BCUT2D eigenvalue weighted by Gasteiger charge is 2.14. The van der Waals surface area contributed by atoms with Crippen molar-refractivity contribution in [1.29, 1.82) is 0 Å². The first-order valence-corrected chi connectivity index (χ1v) is 10.3. The van der Waals surface area contributed by atoms with Crippen LogP contribution < -0.4 is 15.4 Å². The van der Waals surface area contributed by atoms with Gasteiger partial charge in [0.25, 0.3) is 5.91 Å². The van der Waals surface area contributed by atoms with E-state index in [1.807, 2.05) is 36.4 Å². The summed E-state index contributed by atoms with van der Waals surface area (Å²) in [6.07, 6.45) is 4.72. The first-order valence-electron chi connectivity index (χ1n) is 10.3. The Morgan fingerprint density at radius 2 is 1.72 bits per heavy atom. The van der Waals surface area contributed by atoms with Gasteiger partial charge >= 0.3 is 0 Å². The van der Waals surface area contributed by atoms with Gasteiger partial charge in [0, 0.05) is 31.1 Å². The van der Waals surface area contributed by atoms with E-state index < -0.39 is 0 Å². The lowest BCUT2D eigenvalue weighted by Crippen LogP contribution is -2.18. The van der Waals surface area contributed by atoms with Crippen molar-refractivity contribution in [2.45, 2.75) is 26.2 Å². The van der Waals surface area contributed by atoms with Crippen LogP contribution in [0.3, 0.4) is 0 Å². The summed E-state index contributed by atoms with van der Waals surface area (Å²) < 4.78 is 5.85. The molecule has 0 aliphatic carbocycles. The molecule has 0 unspecified atom stereocenters. The summed E-state index contributed by atoms with van der Waals surface area (Å²) in [6.45, 7) is 6.40. The van der Waals surface area contributed by atoms with Crippen LogP contribution in [0.4, 0.5) is 5.69 Å². The number of nitrogens with one attached hydrogen (secondary N) is 2. The predicted octanol–water partition coefficient (Wildman–Crippen LogP) is 5.18. The smallest absolute Gasteiger partial charge is 0.269 e. The van der Waals surface area contributed by atoms with Gasteiger partial charge in [-0.2, -0.15) is 0 Å². The molecule has 0 saturated carbocycles. The molecule has 0 fully saturated rings. The normalized spacial score (nSPS) is 11.2. The van der Waals surface area contributed by atoms with Crippen LogP contribution in [0.2, 0.25) is 0 Å². The van der Waals surface area contributed by atoms with Gasteiger partial charge in [0.15, 0.2) is 0 Å². The predicted molar refractivity (Wildman–Crippen MR) is 127 cm³/mol. The summed E-state index contributed by atoms with van der Waals surface area (Å²) in [5.74, 6) is 0.577. The van der Waals surface area contributed by atoms with Crippen LogP contribution in [-0.2, 0) is 10.2 Å². The Labute approximate surface area is 188 Å². The van der Waals surface area contributed by atoms with Crippen LogP contribution in [0, 0.1) is 0 Å². The molecule has 2 aromatic carbocycles. The number of carbonyl (C=O) groups is 2. The summed E-state index contributed by atoms with van der Waals surface area (Å²) in [7, 11) is 1.55. The fourth-order valence-corrected chi connectivity index (χ4v) is 2.96. The first kappa shape index (κ1) is 22.7. The van der Waals surface area contributed by atoms with E-state index in [1.165, 1.54) is 12.3 Å². The van der Waals surface area contributed by atoms with Gasteiger partial charge in [-0.1, -0.05) is 45.0 Å². The maximum absolute atomic E-state index is 12.4. The summed E-state index contributed by atoms with van der Waals surface area (Å²) in [4.78, 5) is 28.1. The molecule has 0 bridgehead atoms. The minimum atomic E-state index is -0.286. The second-order valence-corrected chi connectivity index (χ2v) is 8.28. The fraction of sp³-hybridized carbons (Fsp3) is 0.192. The number of nitrogens with zero attached hydrogens (tertiary/aromatic N) is 1. The van der Waals surface area contributed by atoms with Gasteiger partial charge in [-0.3, -0.25) is 14.6 Å². The molecule has 164 valence electrons. The van der Waals surface area contributed by atoms with E-state index in [1.54, 1.807) is 31.3 Å². The number of amides is 2. The lowest BCUT2D eigenvalue weighted by Gasteiger charge is -2.19. The van der Waals surface area contributed by atoms with Gasteiger partial charge in [-0.15, -0.1) is 0 Å². The molecule has 6 nitrogen and oxygen atoms in total. The molecule has 3 aromatic rings. The standard InChI is InChI=1S/C26H27N3O3/c1-26(2,3)19-8-6-9-20(16-19)29-24(30)12-11-18-7-5-10-21(15-18)32-22-13-14-28-23(17-22)25(31)27-4/h5-17H,1-4H3,(H,27,31)(H,29,30). The van der Waals surface area contributed by atoms with E-state index in [0.29, 0.717) is 11.5 Å². The van der Waals surface area contributed by atoms with E-state index in [2.05, 4.69) is 42.5 Å². The highest BCUT2D eigenvalue weighted by atomic mass is 16.5. The quantitative estimate of drug-likeness (QED) is 0.529. The molecule has 3 rings (SSSR count). The number of benzene rings is 2. The van der Waals surface area contributed by atoms with Crippen molar-refractivity contribution in [3.05, 3.63) is 89.8 Å². The third kappa shape index (κ3) is 6.28. The SMILES string of the molecule is CNC(=O)c1cc(Oc2cccc(C=CC(=O)Nc3cccc(C(C)(C)C)c3)c2)ccn1. The van der Waals surface area contributed by atoms with Crippen LogP contribution in [0.5, 0.6) is 11.5 Å². The first-order chi connectivity index (χ1) is 15.2. The Kier molecular flexibility index (Phi) is 7.05. The summed E-state index contributed by atoms with van der Waals surface area (Å²) in [5, 5.41) is 5.43. The van der Waals surface area contributed by atoms with E-state index in [9.17, 15) is 9.59 Å². The number of aromatic nitrogens is 1. The van der Waals surface area contributed by atoms with Gasteiger partial charge in [-0.05, 0) is 52.9 Å². The molecule has 0 radical (unpaired) electrons. The second-order valence-electron chi connectivity index (χ2n) is 8.28. The Morgan fingerprint density at radius 3 is 2.47 bits per heavy atom. The van der Waals surface area contributed by atoms with Crippen molar-refractivity contribution < 1.29 is 14.3 Å². The second kappa shape index (κ2) is 9.92. The van der Waals surface area contributed by atoms with Gasteiger partial charge in [0.2, 0.25) is 5.91 Å². The third-order valence-electron chi connectivity index (χ3n) is 4.71. The highest BCUT2D eigenvalue weighted by Crippen LogP contribution is 2.25.